The number of aromatic hydroxyl groups is 2. The van der Waals surface area contributed by atoms with Crippen LogP contribution in [0.5, 0.6) is 17.2 Å². The van der Waals surface area contributed by atoms with Gasteiger partial charge in [0.25, 0.3) is 0 Å². The number of nitrogen functional groups attached to an aromatic ring is 1. The molecule has 0 aliphatic carbocycles. The quantitative estimate of drug-likeness (QED) is 0.0435. The Morgan fingerprint density at radius 2 is 0.883 bits per heavy atom. The number of benzene rings is 6. The number of amides is 1. The first-order valence-corrected chi connectivity index (χ1v) is 32.4. The van der Waals surface area contributed by atoms with Gasteiger partial charge >= 0.3 is 24.0 Å². The number of ether oxygens (including phenoxy) is 3. The minimum atomic E-state index is -1.01. The van der Waals surface area contributed by atoms with Crippen LogP contribution < -0.4 is 15.8 Å². The topological polar surface area (TPSA) is 234 Å². The Kier molecular flexibility index (Phi) is 32.7. The Balaban J connectivity index is 0.000000314. The molecule has 3 aliphatic rings. The van der Waals surface area contributed by atoms with Crippen LogP contribution in [0.3, 0.4) is 0 Å². The highest BCUT2D eigenvalue weighted by Gasteiger charge is 2.36. The zero-order valence-corrected chi connectivity index (χ0v) is 59.0. The van der Waals surface area contributed by atoms with E-state index in [0.29, 0.717) is 45.4 Å². The molecule has 0 radical (unpaired) electrons. The van der Waals surface area contributed by atoms with Crippen molar-refractivity contribution in [2.45, 2.75) is 167 Å². The molecule has 514 valence electrons. The molecule has 0 spiro atoms. The molecule has 3 saturated heterocycles. The zero-order chi connectivity index (χ0) is 67.7. The third-order valence-electron chi connectivity index (χ3n) is 17.2. The number of likely N-dealkylation sites (tertiary alicyclic amines) is 3. The Morgan fingerprint density at radius 1 is 0.521 bits per heavy atom. The maximum Gasteiger partial charge on any atom is 0.417 e. The van der Waals surface area contributed by atoms with E-state index in [1.807, 2.05) is 57.2 Å². The fourth-order valence-electron chi connectivity index (χ4n) is 12.2. The molecule has 3 aliphatic heterocycles. The summed E-state index contributed by atoms with van der Waals surface area (Å²) in [5.41, 5.74) is 11.3. The van der Waals surface area contributed by atoms with Crippen molar-refractivity contribution in [3.05, 3.63) is 184 Å². The fraction of sp³-hybridized carbons (Fsp3) is 0.467. The molecule has 0 bridgehead atoms. The summed E-state index contributed by atoms with van der Waals surface area (Å²) in [5.74, 6) is -0.450. The predicted molar refractivity (Wildman–Crippen MR) is 383 cm³/mol. The molecule has 3 unspecified atom stereocenters. The average Bonchev–Trinajstić information content (AvgIpc) is 1.25. The molecular weight excluding hydrogens is 1230 g/mol. The molecule has 3 heterocycles. The smallest absolute Gasteiger partial charge is 0.417 e. The van der Waals surface area contributed by atoms with Crippen LogP contribution in [0.25, 0.3) is 0 Å². The number of hydrogen-bond donors (Lipinski definition) is 5. The summed E-state index contributed by atoms with van der Waals surface area (Å²) in [4.78, 5) is 63.6. The molecule has 3 fully saturated rings. The van der Waals surface area contributed by atoms with Gasteiger partial charge in [-0.25, -0.2) is 19.2 Å². The van der Waals surface area contributed by atoms with Crippen LogP contribution in [-0.4, -0.2) is 126 Å². The summed E-state index contributed by atoms with van der Waals surface area (Å²) >= 11 is 0. The number of aromatic carboxylic acids is 1. The second-order valence-corrected chi connectivity index (χ2v) is 26.8. The normalized spacial score (nSPS) is 19.2. The van der Waals surface area contributed by atoms with Crippen molar-refractivity contribution in [1.82, 2.24) is 14.7 Å². The number of carboxylic acid groups (broad SMARTS) is 1. The Morgan fingerprint density at radius 3 is 1.23 bits per heavy atom. The SMILES string of the molecule is CC(C)(C)OC(=O)c1ccc(N)cc1.CC(C)(C)OC(=O)c1ccc(N=O)cc1.CCC1(c2cccc(O)c2)CCCCN(C)C1.CCC1(c2cccc(O)c2)CCCCN(C)C1.CCC1(c2cccc(OC(=O)Nc3ccc(C(=O)O)cc3)c2)CCCCN(C)C1.Cl.Cl. The van der Waals surface area contributed by atoms with Crippen LogP contribution in [0, 0.1) is 4.91 Å². The van der Waals surface area contributed by atoms with Crippen molar-refractivity contribution in [2.75, 3.05) is 71.5 Å². The number of nitrogens with two attached hydrogens (primary N) is 1. The number of esters is 2. The molecule has 17 nitrogen and oxygen atoms in total. The highest BCUT2D eigenvalue weighted by Crippen LogP contribution is 2.40. The number of phenols is 2. The van der Waals surface area contributed by atoms with Crippen LogP contribution in [-0.2, 0) is 25.7 Å². The van der Waals surface area contributed by atoms with Gasteiger partial charge in [-0.15, -0.1) is 29.7 Å². The number of nitrogens with zero attached hydrogens (tertiary/aromatic N) is 4. The van der Waals surface area contributed by atoms with Crippen LogP contribution in [0.2, 0.25) is 0 Å². The number of carbonyl (C=O) groups is 4. The number of carboxylic acids is 1. The van der Waals surface area contributed by atoms with Gasteiger partial charge in [0.15, 0.2) is 0 Å². The minimum Gasteiger partial charge on any atom is -0.508 e. The van der Waals surface area contributed by atoms with Crippen molar-refractivity contribution in [3.8, 4) is 17.2 Å². The summed E-state index contributed by atoms with van der Waals surface area (Å²) < 4.78 is 15.8. The average molecular weight is 1340 g/mol. The molecule has 0 aromatic heterocycles. The molecule has 6 N–H and O–H groups in total. The van der Waals surface area contributed by atoms with Crippen LogP contribution in [0.4, 0.5) is 21.9 Å². The molecule has 3 atom stereocenters. The van der Waals surface area contributed by atoms with Crippen LogP contribution in [0.15, 0.2) is 151 Å². The van der Waals surface area contributed by atoms with Gasteiger partial charge in [-0.3, -0.25) is 5.32 Å². The largest absolute Gasteiger partial charge is 0.508 e. The Hall–Kier alpha value is -7.54. The van der Waals surface area contributed by atoms with Crippen molar-refractivity contribution in [3.63, 3.8) is 0 Å². The van der Waals surface area contributed by atoms with E-state index >= 15 is 0 Å². The summed E-state index contributed by atoms with van der Waals surface area (Å²) in [6.07, 6.45) is 13.8. The van der Waals surface area contributed by atoms with Crippen molar-refractivity contribution < 1.29 is 48.7 Å². The van der Waals surface area contributed by atoms with E-state index in [0.717, 1.165) is 51.9 Å². The first kappa shape index (κ1) is 80.7. The van der Waals surface area contributed by atoms with Crippen LogP contribution in [0.1, 0.15) is 187 Å². The van der Waals surface area contributed by atoms with E-state index in [9.17, 15) is 34.3 Å². The summed E-state index contributed by atoms with van der Waals surface area (Å²) in [6.45, 7) is 24.4. The monoisotopic (exact) mass is 1330 g/mol. The number of rotatable bonds is 12. The summed E-state index contributed by atoms with van der Waals surface area (Å²) in [5, 5.41) is 33.7. The highest BCUT2D eigenvalue weighted by molar-refractivity contribution is 5.91. The Labute approximate surface area is 570 Å². The van der Waals surface area contributed by atoms with Gasteiger partial charge in [0.2, 0.25) is 0 Å². The molecule has 1 amide bonds. The number of carbonyl (C=O) groups excluding carboxylic acids is 3. The lowest BCUT2D eigenvalue weighted by molar-refractivity contribution is 0.00570. The molecule has 94 heavy (non-hydrogen) atoms. The number of phenolic OH excluding ortho intramolecular Hbond substituents is 2. The zero-order valence-electron chi connectivity index (χ0n) is 57.4. The molecule has 6 aromatic carbocycles. The van der Waals surface area contributed by atoms with Crippen LogP contribution >= 0.6 is 24.8 Å². The van der Waals surface area contributed by atoms with Crippen molar-refractivity contribution in [2.24, 2.45) is 5.18 Å². The lowest BCUT2D eigenvalue weighted by Crippen LogP contribution is -2.37. The molecule has 19 heteroatoms. The van der Waals surface area contributed by atoms with Gasteiger partial charge in [-0.1, -0.05) is 76.4 Å². The first-order chi connectivity index (χ1) is 43.5. The van der Waals surface area contributed by atoms with Gasteiger partial charge in [0, 0.05) is 47.3 Å². The van der Waals surface area contributed by atoms with Gasteiger partial charge < -0.3 is 50.0 Å². The van der Waals surface area contributed by atoms with E-state index in [4.69, 9.17) is 25.1 Å². The van der Waals surface area contributed by atoms with E-state index < -0.39 is 29.2 Å². The fourth-order valence-corrected chi connectivity index (χ4v) is 12.2. The maximum atomic E-state index is 12.3. The first-order valence-electron chi connectivity index (χ1n) is 32.4. The number of hydrogen-bond acceptors (Lipinski definition) is 15. The number of nitroso groups, excluding NO2 is 1. The number of likely N-dealkylation sites (N-methyl/N-ethyl adjacent to an activating group) is 3. The predicted octanol–water partition coefficient (Wildman–Crippen LogP) is 17.2. The van der Waals surface area contributed by atoms with Crippen molar-refractivity contribution in [1.29, 1.82) is 0 Å². The van der Waals surface area contributed by atoms with Crippen molar-refractivity contribution >= 4 is 65.9 Å². The van der Waals surface area contributed by atoms with E-state index in [1.54, 1.807) is 63.2 Å². The third-order valence-corrected chi connectivity index (χ3v) is 17.2. The second kappa shape index (κ2) is 38.1. The number of halogens is 2. The highest BCUT2D eigenvalue weighted by atomic mass is 35.5. The maximum absolute atomic E-state index is 12.3. The minimum absolute atomic E-state index is 0. The molecular formula is C75H104Cl2N6O11. The number of anilines is 2. The molecule has 9 rings (SSSR count). The third kappa shape index (κ3) is 26.0. The lowest BCUT2D eigenvalue weighted by Gasteiger charge is -2.35. The van der Waals surface area contributed by atoms with Gasteiger partial charge in [0.05, 0.1) is 16.7 Å². The number of nitrogens with one attached hydrogen (secondary N) is 1. The van der Waals surface area contributed by atoms with E-state index in [2.05, 4.69) is 85.3 Å². The van der Waals surface area contributed by atoms with E-state index in [1.165, 1.54) is 130 Å². The van der Waals surface area contributed by atoms with Gasteiger partial charge in [-0.2, -0.15) is 0 Å². The standard InChI is InChI=1S/C23H28N2O4.2C15H23NO.C11H13NO3.C11H15NO2.2ClH/c1-3-23(13-4-5-14-25(2)16-23)18-7-6-8-20(15-18)29-22(28)24-19-11-9-17(10-12-19)21(26)27;2*1-3-15(9-4-5-10-16(2)12-15)13-7-6-8-14(17)11-13;1-11(2,3)15-10(13)8-4-6-9(12-14)7-5-8;1-11(2,3)14-10(13)8-4-6-9(12)7-5-8;;/h6-12,15H,3-5,13-14,16H2,1-2H3,(H,24,28)(H,26,27);2*6-8,11,17H,3-5,9-10,12H2,1-2H3;4-7H,1-3H3;4-7H,12H2,1-3H3;2*1H. The summed E-state index contributed by atoms with van der Waals surface area (Å²) in [6, 6.07) is 42.1. The molecule has 6 aromatic rings. The van der Waals surface area contributed by atoms with Gasteiger partial charge in [-0.05, 0) is 271 Å². The molecule has 0 saturated carbocycles. The summed E-state index contributed by atoms with van der Waals surface area (Å²) in [7, 11) is 6.58. The lowest BCUT2D eigenvalue weighted by atomic mass is 9.74. The van der Waals surface area contributed by atoms with Gasteiger partial charge in [0.1, 0.15) is 34.1 Å². The van der Waals surface area contributed by atoms with E-state index in [-0.39, 0.29) is 52.6 Å². The Bertz CT molecular complexity index is 3230. The second-order valence-electron chi connectivity index (χ2n) is 26.8.